The SMILES string of the molecule is C=CC(=O)Nc1cc(F)cc(-c2cc(C(=N)C=O)c(N)cn2)c1. The Morgan fingerprint density at radius 3 is 2.74 bits per heavy atom. The third-order valence-electron chi connectivity index (χ3n) is 2.99. The zero-order chi connectivity index (χ0) is 17.0. The summed E-state index contributed by atoms with van der Waals surface area (Å²) >= 11 is 0. The molecule has 6 nitrogen and oxygen atoms in total. The van der Waals surface area contributed by atoms with Crippen molar-refractivity contribution >= 4 is 29.3 Å². The van der Waals surface area contributed by atoms with Gasteiger partial charge >= 0.3 is 0 Å². The van der Waals surface area contributed by atoms with Crippen molar-refractivity contribution in [1.82, 2.24) is 4.98 Å². The van der Waals surface area contributed by atoms with Crippen LogP contribution in [0.2, 0.25) is 0 Å². The summed E-state index contributed by atoms with van der Waals surface area (Å²) in [6, 6.07) is 5.30. The van der Waals surface area contributed by atoms with Gasteiger partial charge in [0, 0.05) is 16.8 Å². The quantitative estimate of drug-likeness (QED) is 0.446. The number of nitrogen functional groups attached to an aromatic ring is 1. The number of pyridine rings is 1. The van der Waals surface area contributed by atoms with Gasteiger partial charge in [-0.1, -0.05) is 6.58 Å². The first kappa shape index (κ1) is 16.0. The maximum atomic E-state index is 13.7. The molecule has 116 valence electrons. The molecule has 0 atom stereocenters. The van der Waals surface area contributed by atoms with Gasteiger partial charge in [-0.3, -0.25) is 20.0 Å². The van der Waals surface area contributed by atoms with Crippen LogP contribution in [-0.2, 0) is 9.59 Å². The van der Waals surface area contributed by atoms with Crippen LogP contribution in [0.4, 0.5) is 15.8 Å². The van der Waals surface area contributed by atoms with Gasteiger partial charge in [0.2, 0.25) is 5.91 Å². The van der Waals surface area contributed by atoms with E-state index < -0.39 is 11.7 Å². The number of nitrogens with zero attached hydrogens (tertiary/aromatic N) is 1. The van der Waals surface area contributed by atoms with E-state index in [0.717, 1.165) is 12.1 Å². The number of carbonyl (C=O) groups is 2. The average molecular weight is 312 g/mol. The van der Waals surface area contributed by atoms with Crippen molar-refractivity contribution < 1.29 is 14.0 Å². The van der Waals surface area contributed by atoms with Crippen LogP contribution in [0.3, 0.4) is 0 Å². The average Bonchev–Trinajstić information content (AvgIpc) is 2.53. The van der Waals surface area contributed by atoms with Crippen LogP contribution in [0.15, 0.2) is 43.1 Å². The Kier molecular flexibility index (Phi) is 4.61. The lowest BCUT2D eigenvalue weighted by Crippen LogP contribution is -2.08. The number of nitrogens with one attached hydrogen (secondary N) is 2. The summed E-state index contributed by atoms with van der Waals surface area (Å²) in [5, 5.41) is 10.0. The summed E-state index contributed by atoms with van der Waals surface area (Å²) in [5.41, 5.74) is 6.66. The highest BCUT2D eigenvalue weighted by molar-refractivity contribution is 6.36. The predicted octanol–water partition coefficient (Wildman–Crippen LogP) is 2.16. The van der Waals surface area contributed by atoms with E-state index in [-0.39, 0.29) is 22.6 Å². The van der Waals surface area contributed by atoms with Crippen LogP contribution >= 0.6 is 0 Å². The van der Waals surface area contributed by atoms with Crippen LogP contribution < -0.4 is 11.1 Å². The van der Waals surface area contributed by atoms with E-state index in [1.54, 1.807) is 0 Å². The fraction of sp³-hybridized carbons (Fsp3) is 0. The number of nitrogens with two attached hydrogens (primary N) is 1. The van der Waals surface area contributed by atoms with Crippen LogP contribution in [0, 0.1) is 11.2 Å². The summed E-state index contributed by atoms with van der Waals surface area (Å²) in [7, 11) is 0. The fourth-order valence-electron chi connectivity index (χ4n) is 1.92. The van der Waals surface area contributed by atoms with Crippen LogP contribution in [0.25, 0.3) is 11.3 Å². The highest BCUT2D eigenvalue weighted by Crippen LogP contribution is 2.25. The van der Waals surface area contributed by atoms with Crippen molar-refractivity contribution in [2.75, 3.05) is 11.1 Å². The van der Waals surface area contributed by atoms with Crippen molar-refractivity contribution in [3.05, 3.63) is 54.5 Å². The van der Waals surface area contributed by atoms with Gasteiger partial charge in [0.05, 0.1) is 17.6 Å². The zero-order valence-electron chi connectivity index (χ0n) is 12.0. The number of hydrogen-bond acceptors (Lipinski definition) is 5. The van der Waals surface area contributed by atoms with Gasteiger partial charge < -0.3 is 11.1 Å². The standard InChI is InChI=1S/C16H13FN4O2/c1-2-16(23)21-11-4-9(3-10(17)5-11)15-6-12(14(19)8-22)13(18)7-20-15/h2-8,19H,1,18H2,(H,21,23). The Morgan fingerprint density at radius 1 is 1.35 bits per heavy atom. The van der Waals surface area contributed by atoms with E-state index in [1.165, 1.54) is 24.4 Å². The normalized spacial score (nSPS) is 9.96. The minimum Gasteiger partial charge on any atom is -0.397 e. The molecule has 0 spiro atoms. The van der Waals surface area contributed by atoms with E-state index in [0.29, 0.717) is 17.5 Å². The molecule has 1 amide bonds. The molecular formula is C16H13FN4O2. The number of aldehydes is 1. The zero-order valence-corrected chi connectivity index (χ0v) is 12.0. The van der Waals surface area contributed by atoms with E-state index in [9.17, 15) is 14.0 Å². The van der Waals surface area contributed by atoms with Crippen molar-refractivity contribution in [2.24, 2.45) is 0 Å². The van der Waals surface area contributed by atoms with Gasteiger partial charge in [0.1, 0.15) is 11.5 Å². The lowest BCUT2D eigenvalue weighted by atomic mass is 10.0. The first-order valence-corrected chi connectivity index (χ1v) is 6.48. The number of carbonyl (C=O) groups excluding carboxylic acids is 2. The Balaban J connectivity index is 2.49. The maximum Gasteiger partial charge on any atom is 0.247 e. The topological polar surface area (TPSA) is 109 Å². The smallest absolute Gasteiger partial charge is 0.247 e. The number of rotatable bonds is 5. The number of aromatic nitrogens is 1. The van der Waals surface area contributed by atoms with Gasteiger partial charge in [-0.2, -0.15) is 0 Å². The molecule has 2 rings (SSSR count). The van der Waals surface area contributed by atoms with Crippen LogP contribution in [0.5, 0.6) is 0 Å². The van der Waals surface area contributed by atoms with Crippen LogP contribution in [0.1, 0.15) is 5.56 Å². The second kappa shape index (κ2) is 6.61. The molecule has 1 aromatic heterocycles. The molecule has 4 N–H and O–H groups in total. The van der Waals surface area contributed by atoms with E-state index in [1.807, 2.05) is 0 Å². The lowest BCUT2D eigenvalue weighted by Gasteiger charge is -2.09. The Labute approximate surface area is 131 Å². The van der Waals surface area contributed by atoms with Crippen molar-refractivity contribution in [1.29, 1.82) is 5.41 Å². The predicted molar refractivity (Wildman–Crippen MR) is 85.8 cm³/mol. The van der Waals surface area contributed by atoms with Gasteiger partial charge in [0.25, 0.3) is 0 Å². The van der Waals surface area contributed by atoms with Crippen LogP contribution in [-0.4, -0.2) is 22.9 Å². The molecular weight excluding hydrogens is 299 g/mol. The maximum absolute atomic E-state index is 13.7. The van der Waals surface area contributed by atoms with Gasteiger partial charge in [0.15, 0.2) is 6.29 Å². The summed E-state index contributed by atoms with van der Waals surface area (Å²) in [6.07, 6.45) is 2.71. The molecule has 1 aromatic carbocycles. The Bertz CT molecular complexity index is 818. The number of halogens is 1. The minimum atomic E-state index is -0.576. The second-order valence-corrected chi connectivity index (χ2v) is 4.61. The monoisotopic (exact) mass is 312 g/mol. The molecule has 23 heavy (non-hydrogen) atoms. The second-order valence-electron chi connectivity index (χ2n) is 4.61. The van der Waals surface area contributed by atoms with E-state index >= 15 is 0 Å². The molecule has 0 radical (unpaired) electrons. The lowest BCUT2D eigenvalue weighted by molar-refractivity contribution is -0.111. The number of amides is 1. The molecule has 0 saturated carbocycles. The molecule has 2 aromatic rings. The molecule has 1 heterocycles. The van der Waals surface area contributed by atoms with Gasteiger partial charge in [-0.05, 0) is 30.3 Å². The third-order valence-corrected chi connectivity index (χ3v) is 2.99. The minimum absolute atomic E-state index is 0.169. The fourth-order valence-corrected chi connectivity index (χ4v) is 1.92. The molecule has 0 unspecified atom stereocenters. The Hall–Kier alpha value is -3.35. The first-order valence-electron chi connectivity index (χ1n) is 6.48. The Morgan fingerprint density at radius 2 is 2.09 bits per heavy atom. The largest absolute Gasteiger partial charge is 0.397 e. The van der Waals surface area contributed by atoms with E-state index in [4.69, 9.17) is 11.1 Å². The van der Waals surface area contributed by atoms with Gasteiger partial charge in [-0.15, -0.1) is 0 Å². The molecule has 0 bridgehead atoms. The van der Waals surface area contributed by atoms with Crippen molar-refractivity contribution in [3.63, 3.8) is 0 Å². The third kappa shape index (κ3) is 3.65. The molecule has 0 fully saturated rings. The summed E-state index contributed by atoms with van der Waals surface area (Å²) in [6.45, 7) is 3.32. The molecule has 0 aliphatic rings. The number of hydrogen-bond donors (Lipinski definition) is 3. The molecule has 0 saturated heterocycles. The number of anilines is 2. The highest BCUT2D eigenvalue weighted by atomic mass is 19.1. The van der Waals surface area contributed by atoms with Gasteiger partial charge in [-0.25, -0.2) is 4.39 Å². The first-order chi connectivity index (χ1) is 10.9. The number of benzene rings is 1. The summed E-state index contributed by atoms with van der Waals surface area (Å²) in [5.74, 6) is -1.05. The highest BCUT2D eigenvalue weighted by Gasteiger charge is 2.11. The van der Waals surface area contributed by atoms with E-state index in [2.05, 4.69) is 16.9 Å². The molecule has 0 aliphatic heterocycles. The summed E-state index contributed by atoms with van der Waals surface area (Å²) < 4.78 is 13.7. The molecule has 7 heteroatoms. The molecule has 0 aliphatic carbocycles. The van der Waals surface area contributed by atoms with Crippen molar-refractivity contribution in [2.45, 2.75) is 0 Å². The summed E-state index contributed by atoms with van der Waals surface area (Å²) in [4.78, 5) is 26.1. The van der Waals surface area contributed by atoms with Crippen molar-refractivity contribution in [3.8, 4) is 11.3 Å².